The number of halogens is 1. The summed E-state index contributed by atoms with van der Waals surface area (Å²) in [6.45, 7) is 6.10. The van der Waals surface area contributed by atoms with E-state index in [4.69, 9.17) is 5.73 Å². The maximum Gasteiger partial charge on any atom is 0.260 e. The molecule has 1 aromatic heterocycles. The lowest BCUT2D eigenvalue weighted by molar-refractivity contribution is 0.102. The van der Waals surface area contributed by atoms with Crippen molar-refractivity contribution < 1.29 is 9.18 Å². The maximum atomic E-state index is 13.6. The Morgan fingerprint density at radius 2 is 2.10 bits per heavy atom. The second-order valence-electron chi connectivity index (χ2n) is 5.48. The maximum absolute atomic E-state index is 13.6. The van der Waals surface area contributed by atoms with Gasteiger partial charge in [0.25, 0.3) is 5.91 Å². The molecule has 0 aliphatic heterocycles. The van der Waals surface area contributed by atoms with E-state index in [0.29, 0.717) is 10.8 Å². The molecule has 0 unspecified atom stereocenters. The number of nitrogens with one attached hydrogen (secondary N) is 1. The largest absolute Gasteiger partial charge is 0.399 e. The molecule has 3 N–H and O–H groups in total. The molecule has 6 heteroatoms. The summed E-state index contributed by atoms with van der Waals surface area (Å²) in [6, 6.07) is 3.89. The van der Waals surface area contributed by atoms with Gasteiger partial charge in [-0.1, -0.05) is 20.8 Å². The van der Waals surface area contributed by atoms with Crippen molar-refractivity contribution in [1.29, 1.82) is 0 Å². The van der Waals surface area contributed by atoms with Gasteiger partial charge in [0.05, 0.1) is 11.3 Å². The summed E-state index contributed by atoms with van der Waals surface area (Å²) < 4.78 is 13.6. The highest BCUT2D eigenvalue weighted by molar-refractivity contribution is 7.14. The first-order valence-electron chi connectivity index (χ1n) is 6.10. The van der Waals surface area contributed by atoms with Crippen LogP contribution in [-0.4, -0.2) is 10.9 Å². The van der Waals surface area contributed by atoms with Crippen LogP contribution in [0.4, 0.5) is 15.2 Å². The van der Waals surface area contributed by atoms with Gasteiger partial charge in [0.2, 0.25) is 0 Å². The van der Waals surface area contributed by atoms with Gasteiger partial charge in [-0.25, -0.2) is 9.37 Å². The van der Waals surface area contributed by atoms with Crippen LogP contribution in [0.1, 0.15) is 36.8 Å². The normalized spacial score (nSPS) is 11.4. The molecule has 0 aliphatic carbocycles. The van der Waals surface area contributed by atoms with Crippen molar-refractivity contribution in [2.45, 2.75) is 26.2 Å². The van der Waals surface area contributed by atoms with E-state index in [1.807, 2.05) is 26.2 Å². The molecule has 0 fully saturated rings. The average molecular weight is 293 g/mol. The SMILES string of the molecule is CC(C)(C)c1csc(NC(=O)c2cc(N)ccc2F)n1. The lowest BCUT2D eigenvalue weighted by atomic mass is 9.93. The van der Waals surface area contributed by atoms with Crippen molar-refractivity contribution >= 4 is 28.1 Å². The molecule has 0 spiro atoms. The first-order chi connectivity index (χ1) is 9.27. The van der Waals surface area contributed by atoms with Crippen molar-refractivity contribution in [3.63, 3.8) is 0 Å². The fourth-order valence-electron chi connectivity index (χ4n) is 1.56. The summed E-state index contributed by atoms with van der Waals surface area (Å²) in [5.74, 6) is -1.16. The number of nitrogen functional groups attached to an aromatic ring is 1. The quantitative estimate of drug-likeness (QED) is 0.834. The van der Waals surface area contributed by atoms with Crippen LogP contribution in [0.25, 0.3) is 0 Å². The predicted molar refractivity (Wildman–Crippen MR) is 79.6 cm³/mol. The summed E-state index contributed by atoms with van der Waals surface area (Å²) in [6.07, 6.45) is 0. The van der Waals surface area contributed by atoms with Gasteiger partial charge in [-0.2, -0.15) is 0 Å². The lowest BCUT2D eigenvalue weighted by Crippen LogP contribution is -2.15. The minimum Gasteiger partial charge on any atom is -0.399 e. The minimum absolute atomic E-state index is 0.0856. The Morgan fingerprint density at radius 3 is 2.70 bits per heavy atom. The van der Waals surface area contributed by atoms with E-state index in [-0.39, 0.29) is 11.0 Å². The second-order valence-corrected chi connectivity index (χ2v) is 6.34. The number of nitrogens with zero attached hydrogens (tertiary/aromatic N) is 1. The molecule has 0 atom stereocenters. The number of anilines is 2. The highest BCUT2D eigenvalue weighted by atomic mass is 32.1. The zero-order chi connectivity index (χ0) is 14.9. The number of hydrogen-bond donors (Lipinski definition) is 2. The summed E-state index contributed by atoms with van der Waals surface area (Å²) >= 11 is 1.31. The molecular weight excluding hydrogens is 277 g/mol. The van der Waals surface area contributed by atoms with Crippen molar-refractivity contribution in [2.24, 2.45) is 0 Å². The number of nitrogens with two attached hydrogens (primary N) is 1. The molecule has 0 radical (unpaired) electrons. The number of hydrogen-bond acceptors (Lipinski definition) is 4. The fraction of sp³-hybridized carbons (Fsp3) is 0.286. The number of aromatic nitrogens is 1. The molecule has 0 saturated carbocycles. The molecule has 106 valence electrons. The van der Waals surface area contributed by atoms with Gasteiger partial charge < -0.3 is 5.73 Å². The smallest absolute Gasteiger partial charge is 0.260 e. The predicted octanol–water partition coefficient (Wildman–Crippen LogP) is 3.41. The molecule has 1 amide bonds. The zero-order valence-corrected chi connectivity index (χ0v) is 12.3. The van der Waals surface area contributed by atoms with E-state index in [2.05, 4.69) is 10.3 Å². The van der Waals surface area contributed by atoms with E-state index in [1.165, 1.54) is 29.5 Å². The summed E-state index contributed by atoms with van der Waals surface area (Å²) in [5.41, 5.74) is 6.60. The molecule has 2 rings (SSSR count). The Morgan fingerprint density at radius 1 is 1.40 bits per heavy atom. The van der Waals surface area contributed by atoms with Crippen LogP contribution in [0, 0.1) is 5.82 Å². The van der Waals surface area contributed by atoms with Gasteiger partial charge in [0.15, 0.2) is 5.13 Å². The van der Waals surface area contributed by atoms with Crippen molar-refractivity contribution in [3.05, 3.63) is 40.7 Å². The lowest BCUT2D eigenvalue weighted by Gasteiger charge is -2.14. The molecule has 1 aromatic carbocycles. The number of benzene rings is 1. The minimum atomic E-state index is -0.607. The van der Waals surface area contributed by atoms with E-state index in [9.17, 15) is 9.18 Å². The fourth-order valence-corrected chi connectivity index (χ4v) is 2.49. The third kappa shape index (κ3) is 3.14. The summed E-state index contributed by atoms with van der Waals surface area (Å²) in [4.78, 5) is 16.3. The van der Waals surface area contributed by atoms with Crippen LogP contribution in [0.15, 0.2) is 23.6 Å². The molecular formula is C14H16FN3OS. The molecule has 0 bridgehead atoms. The van der Waals surface area contributed by atoms with Crippen molar-refractivity contribution in [1.82, 2.24) is 4.98 Å². The Hall–Kier alpha value is -1.95. The topological polar surface area (TPSA) is 68.0 Å². The van der Waals surface area contributed by atoms with E-state index in [0.717, 1.165) is 5.69 Å². The van der Waals surface area contributed by atoms with Crippen LogP contribution in [-0.2, 0) is 5.41 Å². The summed E-state index contributed by atoms with van der Waals surface area (Å²) in [5, 5.41) is 4.92. The highest BCUT2D eigenvalue weighted by Crippen LogP contribution is 2.26. The van der Waals surface area contributed by atoms with Gasteiger partial charge in [0.1, 0.15) is 5.82 Å². The van der Waals surface area contributed by atoms with E-state index < -0.39 is 11.7 Å². The van der Waals surface area contributed by atoms with Gasteiger partial charge in [-0.15, -0.1) is 11.3 Å². The first-order valence-corrected chi connectivity index (χ1v) is 6.98. The molecule has 0 aliphatic rings. The average Bonchev–Trinajstić information content (AvgIpc) is 2.80. The van der Waals surface area contributed by atoms with Gasteiger partial charge >= 0.3 is 0 Å². The molecule has 2 aromatic rings. The van der Waals surface area contributed by atoms with Crippen LogP contribution >= 0.6 is 11.3 Å². The van der Waals surface area contributed by atoms with Crippen LogP contribution in [0.5, 0.6) is 0 Å². The van der Waals surface area contributed by atoms with Gasteiger partial charge in [-0.05, 0) is 18.2 Å². The number of carbonyl (C=O) groups excluding carboxylic acids is 1. The van der Waals surface area contributed by atoms with Crippen LogP contribution in [0.3, 0.4) is 0 Å². The second kappa shape index (κ2) is 5.20. The van der Waals surface area contributed by atoms with Crippen LogP contribution in [0.2, 0.25) is 0 Å². The van der Waals surface area contributed by atoms with Gasteiger partial charge in [0, 0.05) is 16.5 Å². The monoisotopic (exact) mass is 293 g/mol. The van der Waals surface area contributed by atoms with Gasteiger partial charge in [-0.3, -0.25) is 10.1 Å². The first kappa shape index (κ1) is 14.5. The van der Waals surface area contributed by atoms with Crippen LogP contribution < -0.4 is 11.1 Å². The highest BCUT2D eigenvalue weighted by Gasteiger charge is 2.19. The number of carbonyl (C=O) groups is 1. The van der Waals surface area contributed by atoms with E-state index >= 15 is 0 Å². The Bertz CT molecular complexity index is 646. The van der Waals surface area contributed by atoms with Crippen molar-refractivity contribution in [3.8, 4) is 0 Å². The summed E-state index contributed by atoms with van der Waals surface area (Å²) in [7, 11) is 0. The molecule has 0 saturated heterocycles. The Balaban J connectivity index is 2.20. The van der Waals surface area contributed by atoms with E-state index in [1.54, 1.807) is 0 Å². The third-order valence-corrected chi connectivity index (χ3v) is 3.49. The Labute approximate surface area is 120 Å². The molecule has 20 heavy (non-hydrogen) atoms. The number of rotatable bonds is 2. The number of amides is 1. The third-order valence-electron chi connectivity index (χ3n) is 2.73. The molecule has 4 nitrogen and oxygen atoms in total. The standard InChI is InChI=1S/C14H16FN3OS/c1-14(2,3)11-7-20-13(17-11)18-12(19)9-6-8(16)4-5-10(9)15/h4-7H,16H2,1-3H3,(H,17,18,19). The number of thiazole rings is 1. The zero-order valence-electron chi connectivity index (χ0n) is 11.5. The van der Waals surface area contributed by atoms with Crippen molar-refractivity contribution in [2.75, 3.05) is 11.1 Å². The molecule has 1 heterocycles. The Kier molecular flexibility index (Phi) is 3.76.